The topological polar surface area (TPSA) is 85.6 Å². The summed E-state index contributed by atoms with van der Waals surface area (Å²) in [5, 5.41) is 8.70. The molecule has 3 aromatic rings. The molecule has 1 N–H and O–H groups in total. The van der Waals surface area contributed by atoms with Gasteiger partial charge in [-0.15, -0.1) is 0 Å². The number of rotatable bonds is 4. The highest BCUT2D eigenvalue weighted by atomic mass is 16.1. The fraction of sp³-hybridized carbons (Fsp3) is 0.421. The van der Waals surface area contributed by atoms with Crippen LogP contribution in [0.15, 0.2) is 18.3 Å². The molecule has 26 heavy (non-hydrogen) atoms. The van der Waals surface area contributed by atoms with E-state index in [4.69, 9.17) is 0 Å². The third-order valence-electron chi connectivity index (χ3n) is 4.14. The molecule has 0 saturated heterocycles. The molecule has 0 radical (unpaired) electrons. The summed E-state index contributed by atoms with van der Waals surface area (Å²) in [6.45, 7) is 12.0. The molecular formula is C19H24N6O. The Morgan fingerprint density at radius 2 is 1.88 bits per heavy atom. The smallest absolute Gasteiger partial charge is 0.164 e. The highest BCUT2D eigenvalue weighted by molar-refractivity contribution is 5.95. The molecule has 136 valence electrons. The standard InChI is InChI=1S/C19H24N6O/c1-11-15(12(2)26)8-7-14(22-11)9-20-17-16-10-21-25(19(4,5)6)18(16)24-13(3)23-17/h7-8,10H,9H2,1-6H3,(H,20,23,24). The molecule has 3 rings (SSSR count). The minimum Gasteiger partial charge on any atom is -0.364 e. The number of fused-ring (bicyclic) bond motifs is 1. The van der Waals surface area contributed by atoms with Crippen molar-refractivity contribution >= 4 is 22.6 Å². The predicted molar refractivity (Wildman–Crippen MR) is 101 cm³/mol. The second-order valence-electron chi connectivity index (χ2n) is 7.43. The number of aryl methyl sites for hydroxylation is 2. The number of nitrogens with zero attached hydrogens (tertiary/aromatic N) is 5. The number of ketones is 1. The van der Waals surface area contributed by atoms with E-state index >= 15 is 0 Å². The lowest BCUT2D eigenvalue weighted by Gasteiger charge is -2.20. The van der Waals surface area contributed by atoms with Crippen molar-refractivity contribution in [3.05, 3.63) is 41.1 Å². The number of aromatic nitrogens is 5. The van der Waals surface area contributed by atoms with E-state index < -0.39 is 0 Å². The molecule has 7 nitrogen and oxygen atoms in total. The molecule has 0 amide bonds. The lowest BCUT2D eigenvalue weighted by molar-refractivity contribution is 0.101. The first-order valence-corrected chi connectivity index (χ1v) is 8.61. The Balaban J connectivity index is 1.91. The Kier molecular flexibility index (Phi) is 4.48. The highest BCUT2D eigenvalue weighted by Gasteiger charge is 2.20. The van der Waals surface area contributed by atoms with Crippen LogP contribution in [-0.4, -0.2) is 30.5 Å². The Morgan fingerprint density at radius 3 is 2.50 bits per heavy atom. The van der Waals surface area contributed by atoms with Gasteiger partial charge in [0.25, 0.3) is 0 Å². The zero-order valence-corrected chi connectivity index (χ0v) is 16.1. The van der Waals surface area contributed by atoms with Crippen LogP contribution in [-0.2, 0) is 12.1 Å². The normalized spacial score (nSPS) is 11.8. The number of carbonyl (C=O) groups excluding carboxylic acids is 1. The van der Waals surface area contributed by atoms with E-state index in [9.17, 15) is 4.79 Å². The minimum atomic E-state index is -0.166. The van der Waals surface area contributed by atoms with Crippen LogP contribution < -0.4 is 5.32 Å². The summed E-state index contributed by atoms with van der Waals surface area (Å²) in [4.78, 5) is 25.1. The van der Waals surface area contributed by atoms with Crippen LogP contribution in [0, 0.1) is 13.8 Å². The largest absolute Gasteiger partial charge is 0.364 e. The maximum atomic E-state index is 11.5. The number of hydrogen-bond donors (Lipinski definition) is 1. The number of Topliss-reactive ketones (excluding diaryl/α,β-unsaturated/α-hetero) is 1. The third-order valence-corrected chi connectivity index (χ3v) is 4.14. The first kappa shape index (κ1) is 18.0. The van der Waals surface area contributed by atoms with E-state index in [1.54, 1.807) is 13.1 Å². The van der Waals surface area contributed by atoms with Gasteiger partial charge in [0.2, 0.25) is 0 Å². The van der Waals surface area contributed by atoms with Crippen molar-refractivity contribution in [3.8, 4) is 0 Å². The molecule has 3 heterocycles. The summed E-state index contributed by atoms with van der Waals surface area (Å²) in [6, 6.07) is 3.68. The van der Waals surface area contributed by atoms with Crippen molar-refractivity contribution in [2.45, 2.75) is 53.6 Å². The van der Waals surface area contributed by atoms with Crippen LogP contribution in [0.2, 0.25) is 0 Å². The molecule has 0 spiro atoms. The Morgan fingerprint density at radius 1 is 1.15 bits per heavy atom. The molecule has 0 saturated carbocycles. The van der Waals surface area contributed by atoms with Gasteiger partial charge in [0.05, 0.1) is 29.4 Å². The molecule has 0 aliphatic rings. The van der Waals surface area contributed by atoms with Crippen molar-refractivity contribution < 1.29 is 4.79 Å². The molecular weight excluding hydrogens is 328 g/mol. The van der Waals surface area contributed by atoms with Crippen LogP contribution in [0.5, 0.6) is 0 Å². The number of hydrogen-bond acceptors (Lipinski definition) is 6. The van der Waals surface area contributed by atoms with Crippen LogP contribution in [0.3, 0.4) is 0 Å². The van der Waals surface area contributed by atoms with Crippen LogP contribution in [0.25, 0.3) is 11.0 Å². The summed E-state index contributed by atoms with van der Waals surface area (Å²) < 4.78 is 1.91. The van der Waals surface area contributed by atoms with Gasteiger partial charge in [-0.25, -0.2) is 14.6 Å². The number of pyridine rings is 1. The second kappa shape index (κ2) is 6.48. The quantitative estimate of drug-likeness (QED) is 0.724. The van der Waals surface area contributed by atoms with Crippen LogP contribution >= 0.6 is 0 Å². The van der Waals surface area contributed by atoms with Crippen molar-refractivity contribution in [1.82, 2.24) is 24.7 Å². The van der Waals surface area contributed by atoms with Crippen molar-refractivity contribution in [1.29, 1.82) is 0 Å². The highest BCUT2D eigenvalue weighted by Crippen LogP contribution is 2.25. The summed E-state index contributed by atoms with van der Waals surface area (Å²) in [7, 11) is 0. The first-order chi connectivity index (χ1) is 12.2. The van der Waals surface area contributed by atoms with Gasteiger partial charge >= 0.3 is 0 Å². The number of anilines is 1. The molecule has 0 bridgehead atoms. The van der Waals surface area contributed by atoms with Gasteiger partial charge in [0.1, 0.15) is 11.6 Å². The van der Waals surface area contributed by atoms with E-state index in [-0.39, 0.29) is 11.3 Å². The second-order valence-corrected chi connectivity index (χ2v) is 7.43. The summed E-state index contributed by atoms with van der Waals surface area (Å²) in [5.74, 6) is 1.44. The maximum absolute atomic E-state index is 11.5. The first-order valence-electron chi connectivity index (χ1n) is 8.61. The van der Waals surface area contributed by atoms with Crippen molar-refractivity contribution in [3.63, 3.8) is 0 Å². The fourth-order valence-corrected chi connectivity index (χ4v) is 2.90. The van der Waals surface area contributed by atoms with E-state index in [0.717, 1.165) is 28.2 Å². The Labute approximate surface area is 152 Å². The lowest BCUT2D eigenvalue weighted by atomic mass is 10.1. The predicted octanol–water partition coefficient (Wildman–Crippen LogP) is 3.41. The molecule has 0 unspecified atom stereocenters. The Hall–Kier alpha value is -2.83. The monoisotopic (exact) mass is 352 g/mol. The van der Waals surface area contributed by atoms with Crippen molar-refractivity contribution in [2.24, 2.45) is 0 Å². The number of nitrogens with one attached hydrogen (secondary N) is 1. The molecule has 0 atom stereocenters. The average Bonchev–Trinajstić information content (AvgIpc) is 2.96. The maximum Gasteiger partial charge on any atom is 0.164 e. The summed E-state index contributed by atoms with van der Waals surface area (Å²) in [6.07, 6.45) is 1.79. The third kappa shape index (κ3) is 3.42. The van der Waals surface area contributed by atoms with Gasteiger partial charge in [-0.3, -0.25) is 9.78 Å². The summed E-state index contributed by atoms with van der Waals surface area (Å²) in [5.41, 5.74) is 2.88. The van der Waals surface area contributed by atoms with Crippen LogP contribution in [0.1, 0.15) is 55.3 Å². The number of carbonyl (C=O) groups is 1. The van der Waals surface area contributed by atoms with Crippen molar-refractivity contribution in [2.75, 3.05) is 5.32 Å². The fourth-order valence-electron chi connectivity index (χ4n) is 2.90. The zero-order chi connectivity index (χ0) is 19.1. The summed E-state index contributed by atoms with van der Waals surface area (Å²) >= 11 is 0. The molecule has 0 fully saturated rings. The van der Waals surface area contributed by atoms with Crippen LogP contribution in [0.4, 0.5) is 5.82 Å². The molecule has 3 aromatic heterocycles. The van der Waals surface area contributed by atoms with E-state index in [0.29, 0.717) is 17.9 Å². The van der Waals surface area contributed by atoms with Gasteiger partial charge in [-0.05, 0) is 53.7 Å². The van der Waals surface area contributed by atoms with Gasteiger partial charge in [-0.2, -0.15) is 5.10 Å². The van der Waals surface area contributed by atoms with E-state index in [1.807, 2.05) is 30.7 Å². The van der Waals surface area contributed by atoms with E-state index in [2.05, 4.69) is 46.1 Å². The molecule has 0 aliphatic carbocycles. The van der Waals surface area contributed by atoms with Gasteiger partial charge in [0.15, 0.2) is 11.4 Å². The lowest BCUT2D eigenvalue weighted by Crippen LogP contribution is -2.23. The van der Waals surface area contributed by atoms with Gasteiger partial charge < -0.3 is 5.32 Å². The SMILES string of the molecule is CC(=O)c1ccc(CNc2nc(C)nc3c2cnn3C(C)(C)C)nc1C. The average molecular weight is 352 g/mol. The molecule has 7 heteroatoms. The zero-order valence-electron chi connectivity index (χ0n) is 16.1. The Bertz CT molecular complexity index is 984. The van der Waals surface area contributed by atoms with Gasteiger partial charge in [0, 0.05) is 11.3 Å². The minimum absolute atomic E-state index is 0.0252. The van der Waals surface area contributed by atoms with E-state index in [1.165, 1.54) is 0 Å². The molecule has 0 aliphatic heterocycles. The van der Waals surface area contributed by atoms with Gasteiger partial charge in [-0.1, -0.05) is 0 Å². The molecule has 0 aromatic carbocycles.